The zero-order valence-electron chi connectivity index (χ0n) is 9.94. The molecule has 6 heteroatoms. The van der Waals surface area contributed by atoms with E-state index in [1.807, 2.05) is 25.3 Å². The lowest BCUT2D eigenvalue weighted by molar-refractivity contribution is 0.845. The van der Waals surface area contributed by atoms with E-state index in [2.05, 4.69) is 11.2 Å². The molecule has 2 rings (SSSR count). The Hall–Kier alpha value is -1.64. The van der Waals surface area contributed by atoms with Crippen LogP contribution < -0.4 is 5.73 Å². The minimum atomic E-state index is 0.335. The van der Waals surface area contributed by atoms with Crippen molar-refractivity contribution in [2.45, 2.75) is 11.9 Å². The summed E-state index contributed by atoms with van der Waals surface area (Å²) in [6, 6.07) is 7.62. The lowest BCUT2D eigenvalue weighted by atomic mass is 10.2. The van der Waals surface area contributed by atoms with E-state index in [1.165, 1.54) is 16.4 Å². The molecule has 0 saturated heterocycles. The third-order valence-electron chi connectivity index (χ3n) is 2.59. The number of nitrogen functional groups attached to an aromatic ring is 1. The number of thioether (sulfide) groups is 1. The first-order chi connectivity index (χ1) is 8.58. The fraction of sp³-hybridized carbons (Fsp3) is 0.167. The summed E-state index contributed by atoms with van der Waals surface area (Å²) in [4.78, 5) is 0. The Labute approximate surface area is 114 Å². The SMILES string of the molecule is CSc1nn(-c2ccc(C)c(Cl)c2)c(N)c1C#N. The summed E-state index contributed by atoms with van der Waals surface area (Å²) in [5.74, 6) is 0.335. The summed E-state index contributed by atoms with van der Waals surface area (Å²) in [6.45, 7) is 1.92. The first kappa shape index (κ1) is 12.8. The molecule has 2 aromatic rings. The Morgan fingerprint density at radius 3 is 2.72 bits per heavy atom. The molecule has 0 atom stereocenters. The second-order valence-electron chi connectivity index (χ2n) is 3.73. The number of nitrogens with two attached hydrogens (primary N) is 1. The highest BCUT2D eigenvalue weighted by Crippen LogP contribution is 2.28. The van der Waals surface area contributed by atoms with Crippen LogP contribution in [0.3, 0.4) is 0 Å². The number of halogens is 1. The standard InChI is InChI=1S/C12H11ClN4S/c1-7-3-4-8(5-10(7)13)17-11(15)9(6-14)12(16-17)18-2/h3-5H,15H2,1-2H3. The van der Waals surface area contributed by atoms with E-state index < -0.39 is 0 Å². The summed E-state index contributed by atoms with van der Waals surface area (Å²) in [6.07, 6.45) is 1.86. The maximum absolute atomic E-state index is 9.07. The first-order valence-electron chi connectivity index (χ1n) is 5.17. The molecule has 1 heterocycles. The van der Waals surface area contributed by atoms with Crippen molar-refractivity contribution in [1.29, 1.82) is 5.26 Å². The van der Waals surface area contributed by atoms with E-state index in [1.54, 1.807) is 6.07 Å². The Balaban J connectivity index is 2.61. The molecule has 18 heavy (non-hydrogen) atoms. The van der Waals surface area contributed by atoms with Gasteiger partial charge in [-0.2, -0.15) is 10.4 Å². The molecular formula is C12H11ClN4S. The zero-order valence-corrected chi connectivity index (χ0v) is 11.5. The molecule has 0 aliphatic rings. The van der Waals surface area contributed by atoms with Gasteiger partial charge in [-0.15, -0.1) is 11.8 Å². The van der Waals surface area contributed by atoms with Crippen LogP contribution in [0.25, 0.3) is 5.69 Å². The predicted octanol–water partition coefficient (Wildman–Crippen LogP) is 3.01. The number of rotatable bonds is 2. The normalized spacial score (nSPS) is 10.3. The number of aromatic nitrogens is 2. The maximum atomic E-state index is 9.07. The Morgan fingerprint density at radius 2 is 2.22 bits per heavy atom. The Kier molecular flexibility index (Phi) is 3.50. The van der Waals surface area contributed by atoms with Crippen molar-refractivity contribution in [3.05, 3.63) is 34.3 Å². The molecule has 1 aromatic carbocycles. The zero-order chi connectivity index (χ0) is 13.3. The average molecular weight is 279 g/mol. The van der Waals surface area contributed by atoms with Crippen LogP contribution in [0.4, 0.5) is 5.82 Å². The molecule has 1 aromatic heterocycles. The van der Waals surface area contributed by atoms with Gasteiger partial charge in [-0.1, -0.05) is 17.7 Å². The fourth-order valence-corrected chi connectivity index (χ4v) is 2.26. The third-order valence-corrected chi connectivity index (χ3v) is 3.67. The summed E-state index contributed by atoms with van der Waals surface area (Å²) in [5, 5.41) is 14.6. The number of nitriles is 1. The monoisotopic (exact) mass is 278 g/mol. The number of hydrogen-bond donors (Lipinski definition) is 1. The quantitative estimate of drug-likeness (QED) is 0.858. The lowest BCUT2D eigenvalue weighted by Gasteiger charge is -2.05. The molecule has 92 valence electrons. The van der Waals surface area contributed by atoms with Crippen LogP contribution in [0.2, 0.25) is 5.02 Å². The van der Waals surface area contributed by atoms with Crippen LogP contribution in [0.1, 0.15) is 11.1 Å². The smallest absolute Gasteiger partial charge is 0.146 e. The highest BCUT2D eigenvalue weighted by molar-refractivity contribution is 7.98. The summed E-state index contributed by atoms with van der Waals surface area (Å²) in [5.41, 5.74) is 8.07. The van der Waals surface area contributed by atoms with E-state index in [0.29, 0.717) is 21.4 Å². The summed E-state index contributed by atoms with van der Waals surface area (Å²) in [7, 11) is 0. The Morgan fingerprint density at radius 1 is 1.50 bits per heavy atom. The number of aryl methyl sites for hydroxylation is 1. The molecule has 0 unspecified atom stereocenters. The lowest BCUT2D eigenvalue weighted by Crippen LogP contribution is -2.02. The first-order valence-corrected chi connectivity index (χ1v) is 6.78. The van der Waals surface area contributed by atoms with E-state index >= 15 is 0 Å². The van der Waals surface area contributed by atoms with Gasteiger partial charge >= 0.3 is 0 Å². The van der Waals surface area contributed by atoms with Crippen molar-refractivity contribution in [3.8, 4) is 11.8 Å². The molecule has 0 aliphatic carbocycles. The van der Waals surface area contributed by atoms with Gasteiger partial charge in [0.1, 0.15) is 22.5 Å². The topological polar surface area (TPSA) is 67.6 Å². The molecule has 0 spiro atoms. The van der Waals surface area contributed by atoms with Gasteiger partial charge in [0, 0.05) is 5.02 Å². The molecule has 0 fully saturated rings. The molecule has 0 saturated carbocycles. The van der Waals surface area contributed by atoms with Gasteiger partial charge in [0.05, 0.1) is 5.69 Å². The van der Waals surface area contributed by atoms with Gasteiger partial charge in [-0.25, -0.2) is 4.68 Å². The van der Waals surface area contributed by atoms with Gasteiger partial charge in [-0.05, 0) is 30.9 Å². The Bertz CT molecular complexity index is 642. The van der Waals surface area contributed by atoms with Crippen molar-refractivity contribution in [2.75, 3.05) is 12.0 Å². The minimum Gasteiger partial charge on any atom is -0.382 e. The van der Waals surface area contributed by atoms with Crippen molar-refractivity contribution in [2.24, 2.45) is 0 Å². The van der Waals surface area contributed by atoms with E-state index in [4.69, 9.17) is 22.6 Å². The van der Waals surface area contributed by atoms with Crippen molar-refractivity contribution >= 4 is 29.2 Å². The van der Waals surface area contributed by atoms with Crippen LogP contribution in [-0.2, 0) is 0 Å². The van der Waals surface area contributed by atoms with Crippen molar-refractivity contribution < 1.29 is 0 Å². The largest absolute Gasteiger partial charge is 0.382 e. The van der Waals surface area contributed by atoms with Gasteiger partial charge in [-0.3, -0.25) is 0 Å². The minimum absolute atomic E-state index is 0.335. The van der Waals surface area contributed by atoms with Crippen LogP contribution in [0.5, 0.6) is 0 Å². The van der Waals surface area contributed by atoms with E-state index in [9.17, 15) is 0 Å². The number of nitrogens with zero attached hydrogens (tertiary/aromatic N) is 3. The fourth-order valence-electron chi connectivity index (χ4n) is 1.57. The summed E-state index contributed by atoms with van der Waals surface area (Å²) < 4.78 is 1.54. The number of anilines is 1. The van der Waals surface area contributed by atoms with E-state index in [-0.39, 0.29) is 0 Å². The molecule has 4 nitrogen and oxygen atoms in total. The highest BCUT2D eigenvalue weighted by atomic mass is 35.5. The van der Waals surface area contributed by atoms with Gasteiger partial charge in [0.2, 0.25) is 0 Å². The highest BCUT2D eigenvalue weighted by Gasteiger charge is 2.16. The van der Waals surface area contributed by atoms with E-state index in [0.717, 1.165) is 11.3 Å². The third kappa shape index (κ3) is 2.05. The van der Waals surface area contributed by atoms with Crippen LogP contribution in [-0.4, -0.2) is 16.0 Å². The number of benzene rings is 1. The van der Waals surface area contributed by atoms with Crippen LogP contribution >= 0.6 is 23.4 Å². The second kappa shape index (κ2) is 4.92. The molecular weight excluding hydrogens is 268 g/mol. The van der Waals surface area contributed by atoms with Crippen molar-refractivity contribution in [1.82, 2.24) is 9.78 Å². The van der Waals surface area contributed by atoms with Gasteiger partial charge in [0.15, 0.2) is 0 Å². The number of hydrogen-bond acceptors (Lipinski definition) is 4. The molecule has 0 aliphatic heterocycles. The second-order valence-corrected chi connectivity index (χ2v) is 4.93. The molecule has 0 bridgehead atoms. The van der Waals surface area contributed by atoms with Gasteiger partial charge < -0.3 is 5.73 Å². The van der Waals surface area contributed by atoms with Crippen LogP contribution in [0, 0.1) is 18.3 Å². The predicted molar refractivity (Wildman–Crippen MR) is 74.2 cm³/mol. The van der Waals surface area contributed by atoms with Gasteiger partial charge in [0.25, 0.3) is 0 Å². The summed E-state index contributed by atoms with van der Waals surface area (Å²) >= 11 is 7.47. The average Bonchev–Trinajstić information content (AvgIpc) is 2.69. The molecule has 2 N–H and O–H groups in total. The molecule has 0 amide bonds. The molecule has 0 radical (unpaired) electrons. The van der Waals surface area contributed by atoms with Crippen LogP contribution in [0.15, 0.2) is 23.2 Å². The van der Waals surface area contributed by atoms with Crippen molar-refractivity contribution in [3.63, 3.8) is 0 Å². The maximum Gasteiger partial charge on any atom is 0.146 e.